The molecule has 0 amide bonds. The van der Waals surface area contributed by atoms with Crippen LogP contribution >= 0.6 is 11.3 Å². The summed E-state index contributed by atoms with van der Waals surface area (Å²) in [6, 6.07) is 69.9. The van der Waals surface area contributed by atoms with Crippen molar-refractivity contribution in [2.75, 3.05) is 0 Å². The van der Waals surface area contributed by atoms with Gasteiger partial charge < -0.3 is 9.88 Å². The Morgan fingerprint density at radius 3 is 1.88 bits per heavy atom. The van der Waals surface area contributed by atoms with Crippen molar-refractivity contribution >= 4 is 64.7 Å². The maximum atomic E-state index is 5.51. The lowest BCUT2D eigenvalue weighted by molar-refractivity contribution is 0.669. The van der Waals surface area contributed by atoms with Crippen molar-refractivity contribution < 1.29 is 0 Å². The first-order valence-electron chi connectivity index (χ1n) is 19.1. The molecule has 4 heteroatoms. The molecule has 10 aromatic rings. The van der Waals surface area contributed by atoms with Crippen LogP contribution in [0, 0.1) is 0 Å². The lowest BCUT2D eigenvalue weighted by Crippen LogP contribution is -2.25. The number of rotatable bonds is 6. The van der Waals surface area contributed by atoms with Gasteiger partial charge in [0.25, 0.3) is 0 Å². The Morgan fingerprint density at radius 2 is 1.05 bits per heavy atom. The fraction of sp³-hybridized carbons (Fsp3) is 0.0192. The van der Waals surface area contributed by atoms with Crippen molar-refractivity contribution in [1.29, 1.82) is 0 Å². The highest BCUT2D eigenvalue weighted by Gasteiger charge is 2.24. The number of fused-ring (bicyclic) bond motifs is 6. The van der Waals surface area contributed by atoms with Crippen LogP contribution in [0.2, 0.25) is 0 Å². The summed E-state index contributed by atoms with van der Waals surface area (Å²) in [5, 5.41) is 8.88. The number of para-hydroxylation sites is 1. The van der Waals surface area contributed by atoms with Gasteiger partial charge in [0.15, 0.2) is 0 Å². The molecule has 56 heavy (non-hydrogen) atoms. The molecule has 1 N–H and O–H groups in total. The summed E-state index contributed by atoms with van der Waals surface area (Å²) in [6.07, 6.45) is 1.89. The largest absolute Gasteiger partial charge is 0.359 e. The molecular weight excluding hydrogens is 699 g/mol. The summed E-state index contributed by atoms with van der Waals surface area (Å²) in [5.41, 5.74) is 13.6. The van der Waals surface area contributed by atoms with Crippen LogP contribution in [-0.4, -0.2) is 10.3 Å². The van der Waals surface area contributed by atoms with Gasteiger partial charge in [-0.1, -0.05) is 152 Å². The summed E-state index contributed by atoms with van der Waals surface area (Å²) in [5.74, 6) is 0. The monoisotopic (exact) mass is 733 g/mol. The van der Waals surface area contributed by atoms with E-state index in [1.807, 2.05) is 11.3 Å². The molecule has 0 bridgehead atoms. The van der Waals surface area contributed by atoms with Gasteiger partial charge in [-0.2, -0.15) is 0 Å². The zero-order valence-corrected chi connectivity index (χ0v) is 31.2. The molecule has 1 aliphatic heterocycles. The van der Waals surface area contributed by atoms with Crippen molar-refractivity contribution in [3.05, 3.63) is 217 Å². The van der Waals surface area contributed by atoms with Crippen LogP contribution in [0.1, 0.15) is 22.9 Å². The number of nitrogens with one attached hydrogen (secondary N) is 1. The molecule has 11 rings (SSSR count). The molecule has 264 valence electrons. The minimum Gasteiger partial charge on any atom is -0.359 e. The lowest BCUT2D eigenvalue weighted by Gasteiger charge is -2.26. The average Bonchev–Trinajstić information content (AvgIpc) is 3.82. The van der Waals surface area contributed by atoms with E-state index in [2.05, 4.69) is 210 Å². The number of hydrogen-bond donors (Lipinski definition) is 1. The van der Waals surface area contributed by atoms with Gasteiger partial charge >= 0.3 is 0 Å². The highest BCUT2D eigenvalue weighted by atomic mass is 32.1. The first-order chi connectivity index (χ1) is 27.7. The fourth-order valence-electron chi connectivity index (χ4n) is 8.37. The van der Waals surface area contributed by atoms with Crippen LogP contribution in [0.5, 0.6) is 0 Å². The number of nitrogens with zero attached hydrogens (tertiary/aromatic N) is 2. The maximum absolute atomic E-state index is 5.51. The van der Waals surface area contributed by atoms with Gasteiger partial charge in [0.2, 0.25) is 0 Å². The van der Waals surface area contributed by atoms with Gasteiger partial charge in [0.05, 0.1) is 16.7 Å². The van der Waals surface area contributed by atoms with Crippen LogP contribution in [0.15, 0.2) is 205 Å². The number of benzene rings is 8. The second-order valence-electron chi connectivity index (χ2n) is 14.4. The summed E-state index contributed by atoms with van der Waals surface area (Å²) >= 11 is 1.85. The molecule has 0 aliphatic carbocycles. The molecule has 0 spiro atoms. The van der Waals surface area contributed by atoms with Gasteiger partial charge in [-0.15, -0.1) is 11.3 Å². The standard InChI is InChI=1S/C52H35N3S/c1-3-13-34(14-4-1)35-25-27-36(28-26-35)38-17-11-18-39(31-38)46-33-45(37-15-5-2-6-16-37)53-52(54-46)43-21-12-23-48-51(43)42-20-7-9-22-47(42)55(48)40-29-30-50-44(32-40)41-19-8-10-24-49(41)56-50/h1-33,52-53H. The zero-order chi connectivity index (χ0) is 37.0. The topological polar surface area (TPSA) is 29.3 Å². The average molecular weight is 734 g/mol. The predicted molar refractivity (Wildman–Crippen MR) is 238 cm³/mol. The molecule has 0 saturated heterocycles. The molecular formula is C52H35N3S. The van der Waals surface area contributed by atoms with Crippen molar-refractivity contribution in [3.63, 3.8) is 0 Å². The van der Waals surface area contributed by atoms with Crippen LogP contribution in [-0.2, 0) is 0 Å². The molecule has 1 aliphatic rings. The van der Waals surface area contributed by atoms with E-state index >= 15 is 0 Å². The number of aliphatic imine (C=N–C) groups is 1. The van der Waals surface area contributed by atoms with E-state index in [0.717, 1.165) is 44.9 Å². The summed E-state index contributed by atoms with van der Waals surface area (Å²) < 4.78 is 5.04. The Hall–Kier alpha value is -7.01. The molecule has 0 fully saturated rings. The summed E-state index contributed by atoms with van der Waals surface area (Å²) in [6.45, 7) is 0. The quantitative estimate of drug-likeness (QED) is 0.181. The van der Waals surface area contributed by atoms with Gasteiger partial charge in [-0.25, -0.2) is 0 Å². The Kier molecular flexibility index (Phi) is 7.75. The van der Waals surface area contributed by atoms with E-state index in [-0.39, 0.29) is 6.17 Å². The highest BCUT2D eigenvalue weighted by molar-refractivity contribution is 7.25. The van der Waals surface area contributed by atoms with E-state index in [9.17, 15) is 0 Å². The summed E-state index contributed by atoms with van der Waals surface area (Å²) in [7, 11) is 0. The van der Waals surface area contributed by atoms with Crippen LogP contribution in [0.3, 0.4) is 0 Å². The third kappa shape index (κ3) is 5.54. The van der Waals surface area contributed by atoms with E-state index in [1.54, 1.807) is 0 Å². The van der Waals surface area contributed by atoms with Crippen LogP contribution in [0.25, 0.3) is 75.6 Å². The van der Waals surface area contributed by atoms with Crippen molar-refractivity contribution in [2.45, 2.75) is 6.17 Å². The zero-order valence-electron chi connectivity index (χ0n) is 30.4. The SMILES string of the molecule is C1=C(c2ccccc2)NC(c2cccc3c2c2ccccc2n3-c2ccc3sc4ccccc4c3c2)N=C1c1cccc(-c2ccc(-c3ccccc3)cc2)c1. The molecule has 0 radical (unpaired) electrons. The third-order valence-corrected chi connectivity index (χ3v) is 12.2. The molecule has 1 unspecified atom stereocenters. The molecule has 2 aromatic heterocycles. The van der Waals surface area contributed by atoms with E-state index < -0.39 is 0 Å². The van der Waals surface area contributed by atoms with Crippen molar-refractivity contribution in [1.82, 2.24) is 9.88 Å². The smallest absolute Gasteiger partial charge is 0.146 e. The van der Waals surface area contributed by atoms with E-state index in [1.165, 1.54) is 53.2 Å². The van der Waals surface area contributed by atoms with Gasteiger partial charge in [-0.3, -0.25) is 4.99 Å². The number of hydrogen-bond acceptors (Lipinski definition) is 3. The van der Waals surface area contributed by atoms with Crippen LogP contribution in [0.4, 0.5) is 0 Å². The van der Waals surface area contributed by atoms with Gasteiger partial charge in [0, 0.05) is 53.5 Å². The molecule has 3 heterocycles. The number of aromatic nitrogens is 1. The Bertz CT molecular complexity index is 3150. The molecule has 3 nitrogen and oxygen atoms in total. The number of allylic oxidation sites excluding steroid dienone is 1. The second-order valence-corrected chi connectivity index (χ2v) is 15.5. The Labute approximate surface area is 329 Å². The molecule has 1 atom stereocenters. The van der Waals surface area contributed by atoms with E-state index in [0.29, 0.717) is 0 Å². The summed E-state index contributed by atoms with van der Waals surface area (Å²) in [4.78, 5) is 5.51. The Balaban J connectivity index is 1.05. The first-order valence-corrected chi connectivity index (χ1v) is 19.9. The first kappa shape index (κ1) is 32.4. The van der Waals surface area contributed by atoms with Gasteiger partial charge in [0.1, 0.15) is 6.17 Å². The fourth-order valence-corrected chi connectivity index (χ4v) is 9.46. The predicted octanol–water partition coefficient (Wildman–Crippen LogP) is 13.6. The Morgan fingerprint density at radius 1 is 0.446 bits per heavy atom. The third-order valence-electron chi connectivity index (χ3n) is 11.1. The highest BCUT2D eigenvalue weighted by Crippen LogP contribution is 2.41. The van der Waals surface area contributed by atoms with Crippen molar-refractivity contribution in [2.24, 2.45) is 4.99 Å². The van der Waals surface area contributed by atoms with E-state index in [4.69, 9.17) is 4.99 Å². The minimum atomic E-state index is -0.315. The maximum Gasteiger partial charge on any atom is 0.146 e. The molecule has 0 saturated carbocycles. The molecule has 8 aromatic carbocycles. The van der Waals surface area contributed by atoms with Gasteiger partial charge in [-0.05, 0) is 76.4 Å². The minimum absolute atomic E-state index is 0.315. The number of thiophene rings is 1. The normalized spacial score (nSPS) is 14.2. The lowest BCUT2D eigenvalue weighted by atomic mass is 9.96. The second kappa shape index (κ2) is 13.4. The van der Waals surface area contributed by atoms with Crippen LogP contribution < -0.4 is 5.32 Å². The van der Waals surface area contributed by atoms with Crippen molar-refractivity contribution in [3.8, 4) is 27.9 Å².